The van der Waals surface area contributed by atoms with Crippen LogP contribution in [0.25, 0.3) is 0 Å². The van der Waals surface area contributed by atoms with Gasteiger partial charge in [0.25, 0.3) is 0 Å². The number of benzene rings is 2. The first kappa shape index (κ1) is 19.2. The lowest BCUT2D eigenvalue weighted by atomic mass is 9.94. The van der Waals surface area contributed by atoms with Gasteiger partial charge in [0.1, 0.15) is 11.4 Å². The summed E-state index contributed by atoms with van der Waals surface area (Å²) in [5.41, 5.74) is 7.00. The molecule has 0 fully saturated rings. The Hall–Kier alpha value is -2.11. The molecule has 0 heterocycles. The molecule has 0 bridgehead atoms. The van der Waals surface area contributed by atoms with E-state index >= 15 is 0 Å². The summed E-state index contributed by atoms with van der Waals surface area (Å²) in [5.74, 6) is -0.406. The van der Waals surface area contributed by atoms with Crippen LogP contribution < -0.4 is 11.1 Å². The van der Waals surface area contributed by atoms with E-state index in [0.29, 0.717) is 10.6 Å². The quantitative estimate of drug-likeness (QED) is 0.823. The molecule has 0 radical (unpaired) electrons. The van der Waals surface area contributed by atoms with Gasteiger partial charge in [0.2, 0.25) is 0 Å². The fourth-order valence-electron chi connectivity index (χ4n) is 2.39. The fraction of sp³-hybridized carbons (Fsp3) is 0.316. The number of amides is 1. The van der Waals surface area contributed by atoms with Gasteiger partial charge in [-0.3, -0.25) is 0 Å². The Morgan fingerprint density at radius 3 is 2.36 bits per heavy atom. The van der Waals surface area contributed by atoms with Crippen molar-refractivity contribution in [2.24, 2.45) is 5.73 Å². The van der Waals surface area contributed by atoms with E-state index in [-0.39, 0.29) is 0 Å². The molecule has 2 aromatic rings. The van der Waals surface area contributed by atoms with Crippen molar-refractivity contribution >= 4 is 17.7 Å². The summed E-state index contributed by atoms with van der Waals surface area (Å²) in [5, 5.41) is 3.33. The monoisotopic (exact) mass is 364 g/mol. The van der Waals surface area contributed by atoms with Crippen LogP contribution in [-0.4, -0.2) is 11.7 Å². The molecule has 0 aromatic heterocycles. The van der Waals surface area contributed by atoms with Crippen LogP contribution in [0.4, 0.5) is 9.18 Å². The van der Waals surface area contributed by atoms with E-state index in [4.69, 9.17) is 22.1 Å². The summed E-state index contributed by atoms with van der Waals surface area (Å²) in [6.45, 7) is 5.30. The second-order valence-electron chi connectivity index (χ2n) is 6.76. The van der Waals surface area contributed by atoms with Gasteiger partial charge in [0.05, 0.1) is 12.1 Å². The zero-order valence-corrected chi connectivity index (χ0v) is 15.2. The second kappa shape index (κ2) is 7.85. The molecule has 2 atom stereocenters. The first-order valence-electron chi connectivity index (χ1n) is 7.92. The summed E-state index contributed by atoms with van der Waals surface area (Å²) in [6.07, 6.45) is -0.619. The van der Waals surface area contributed by atoms with Gasteiger partial charge in [-0.1, -0.05) is 35.9 Å². The first-order valence-corrected chi connectivity index (χ1v) is 8.29. The molecule has 0 aliphatic rings. The van der Waals surface area contributed by atoms with E-state index in [0.717, 1.165) is 5.56 Å². The highest BCUT2D eigenvalue weighted by Crippen LogP contribution is 2.28. The Labute approximate surface area is 152 Å². The minimum atomic E-state index is -0.660. The van der Waals surface area contributed by atoms with Crippen LogP contribution in [-0.2, 0) is 4.74 Å². The summed E-state index contributed by atoms with van der Waals surface area (Å²) >= 11 is 5.91. The number of nitrogens with two attached hydrogens (primary N) is 1. The first-order chi connectivity index (χ1) is 11.7. The van der Waals surface area contributed by atoms with Crippen LogP contribution in [0.5, 0.6) is 0 Å². The third-order valence-corrected chi connectivity index (χ3v) is 3.75. The summed E-state index contributed by atoms with van der Waals surface area (Å²) < 4.78 is 19.0. The average molecular weight is 365 g/mol. The third-order valence-electron chi connectivity index (χ3n) is 3.49. The normalized spacial score (nSPS) is 13.8. The molecule has 0 aliphatic heterocycles. The lowest BCUT2D eigenvalue weighted by Gasteiger charge is -2.28. The number of carbonyl (C=O) groups excluding carboxylic acids is 1. The molecule has 2 unspecified atom stereocenters. The molecule has 2 aromatic carbocycles. The zero-order chi connectivity index (χ0) is 18.6. The van der Waals surface area contributed by atoms with Crippen molar-refractivity contribution in [3.05, 3.63) is 70.5 Å². The van der Waals surface area contributed by atoms with E-state index in [2.05, 4.69) is 5.32 Å². The van der Waals surface area contributed by atoms with E-state index in [1.807, 2.05) is 0 Å². The van der Waals surface area contributed by atoms with Crippen molar-refractivity contribution in [3.8, 4) is 0 Å². The van der Waals surface area contributed by atoms with Gasteiger partial charge < -0.3 is 15.8 Å². The predicted octanol–water partition coefficient (Wildman–Crippen LogP) is 4.74. The smallest absolute Gasteiger partial charge is 0.408 e. The Bertz CT molecular complexity index is 729. The molecule has 25 heavy (non-hydrogen) atoms. The molecule has 134 valence electrons. The molecular weight excluding hydrogens is 343 g/mol. The number of hydrogen-bond acceptors (Lipinski definition) is 3. The van der Waals surface area contributed by atoms with E-state index in [9.17, 15) is 9.18 Å². The van der Waals surface area contributed by atoms with Crippen LogP contribution in [0.15, 0.2) is 48.5 Å². The highest BCUT2D eigenvalue weighted by Gasteiger charge is 2.26. The Balaban J connectivity index is 2.31. The summed E-state index contributed by atoms with van der Waals surface area (Å²) in [4.78, 5) is 12.2. The minimum Gasteiger partial charge on any atom is -0.444 e. The van der Waals surface area contributed by atoms with Gasteiger partial charge in [0, 0.05) is 5.02 Å². The molecule has 6 heteroatoms. The maximum absolute atomic E-state index is 13.7. The Kier molecular flexibility index (Phi) is 6.03. The number of rotatable bonds is 4. The molecule has 0 saturated heterocycles. The van der Waals surface area contributed by atoms with Crippen molar-refractivity contribution < 1.29 is 13.9 Å². The Morgan fingerprint density at radius 2 is 1.80 bits per heavy atom. The molecule has 4 nitrogen and oxygen atoms in total. The van der Waals surface area contributed by atoms with Crippen molar-refractivity contribution in [1.29, 1.82) is 0 Å². The van der Waals surface area contributed by atoms with Gasteiger partial charge in [-0.25, -0.2) is 9.18 Å². The predicted molar refractivity (Wildman–Crippen MR) is 96.9 cm³/mol. The number of nitrogens with one attached hydrogen (secondary N) is 1. The average Bonchev–Trinajstić information content (AvgIpc) is 2.51. The van der Waals surface area contributed by atoms with E-state index in [1.165, 1.54) is 12.1 Å². The fourth-order valence-corrected chi connectivity index (χ4v) is 2.52. The lowest BCUT2D eigenvalue weighted by molar-refractivity contribution is 0.0495. The molecule has 3 N–H and O–H groups in total. The summed E-state index contributed by atoms with van der Waals surface area (Å²) in [6, 6.07) is 11.7. The third kappa shape index (κ3) is 5.73. The minimum absolute atomic E-state index is 0.406. The van der Waals surface area contributed by atoms with Crippen molar-refractivity contribution in [3.63, 3.8) is 0 Å². The molecule has 0 aliphatic carbocycles. The van der Waals surface area contributed by atoms with Crippen LogP contribution in [0, 0.1) is 5.82 Å². The molecule has 1 amide bonds. The molecule has 0 saturated carbocycles. The molecule has 0 spiro atoms. The van der Waals surface area contributed by atoms with Crippen LogP contribution >= 0.6 is 11.6 Å². The number of alkyl carbamates (subject to hydrolysis) is 1. The zero-order valence-electron chi connectivity index (χ0n) is 14.4. The largest absolute Gasteiger partial charge is 0.444 e. The van der Waals surface area contributed by atoms with Gasteiger partial charge in [-0.15, -0.1) is 0 Å². The topological polar surface area (TPSA) is 64.3 Å². The van der Waals surface area contributed by atoms with Crippen molar-refractivity contribution in [2.75, 3.05) is 0 Å². The number of halogens is 2. The maximum atomic E-state index is 13.7. The second-order valence-corrected chi connectivity index (χ2v) is 7.19. The number of ether oxygens (including phenoxy) is 1. The standard InChI is InChI=1S/C19H22ClFN2O2/c1-19(2,3)25-18(24)23-17(13-5-4-6-15(21)11-13)16(22)12-7-9-14(20)10-8-12/h4-11,16-17H,22H2,1-3H3,(H,23,24). The highest BCUT2D eigenvalue weighted by molar-refractivity contribution is 6.30. The van der Waals surface area contributed by atoms with Crippen LogP contribution in [0.2, 0.25) is 5.02 Å². The van der Waals surface area contributed by atoms with Gasteiger partial charge >= 0.3 is 6.09 Å². The molecule has 2 rings (SSSR count). The van der Waals surface area contributed by atoms with Crippen molar-refractivity contribution in [1.82, 2.24) is 5.32 Å². The highest BCUT2D eigenvalue weighted by atomic mass is 35.5. The van der Waals surface area contributed by atoms with Crippen LogP contribution in [0.3, 0.4) is 0 Å². The number of carbonyl (C=O) groups is 1. The van der Waals surface area contributed by atoms with E-state index < -0.39 is 29.6 Å². The van der Waals surface area contributed by atoms with E-state index in [1.54, 1.807) is 57.2 Å². The molecular formula is C19H22ClFN2O2. The Morgan fingerprint density at radius 1 is 1.16 bits per heavy atom. The maximum Gasteiger partial charge on any atom is 0.408 e. The summed E-state index contributed by atoms with van der Waals surface area (Å²) in [7, 11) is 0. The van der Waals surface area contributed by atoms with Gasteiger partial charge in [-0.05, 0) is 56.2 Å². The lowest BCUT2D eigenvalue weighted by Crippen LogP contribution is -2.39. The van der Waals surface area contributed by atoms with Crippen molar-refractivity contribution in [2.45, 2.75) is 38.5 Å². The van der Waals surface area contributed by atoms with Crippen LogP contribution in [0.1, 0.15) is 44.0 Å². The number of hydrogen-bond donors (Lipinski definition) is 2. The SMILES string of the molecule is CC(C)(C)OC(=O)NC(c1cccc(F)c1)C(N)c1ccc(Cl)cc1. The van der Waals surface area contributed by atoms with Gasteiger partial charge in [0.15, 0.2) is 0 Å². The van der Waals surface area contributed by atoms with Gasteiger partial charge in [-0.2, -0.15) is 0 Å².